The number of hydrogen-bond donors (Lipinski definition) is 3. The number of quaternary nitrogens is 1. The topological polar surface area (TPSA) is 123 Å². The lowest BCUT2D eigenvalue weighted by atomic mass is 10.2. The molecule has 0 aromatic carbocycles. The fourth-order valence-electron chi connectivity index (χ4n) is 1.41. The molecule has 25 heavy (non-hydrogen) atoms. The zero-order valence-corrected chi connectivity index (χ0v) is 17.0. The number of hydrogen-bond acceptors (Lipinski definition) is 8. The van der Waals surface area contributed by atoms with Gasteiger partial charge in [0.15, 0.2) is 0 Å². The molecular weight excluding hydrogens is 373 g/mol. The lowest BCUT2D eigenvalue weighted by molar-refractivity contribution is -0.870. The van der Waals surface area contributed by atoms with Gasteiger partial charge < -0.3 is 24.3 Å². The lowest BCUT2D eigenvalue weighted by Crippen LogP contribution is -2.37. The predicted octanol–water partition coefficient (Wildman–Crippen LogP) is 0.0919. The van der Waals surface area contributed by atoms with Gasteiger partial charge in [0.05, 0.1) is 46.4 Å². The average molecular weight is 404 g/mol. The monoisotopic (exact) mass is 404 g/mol. The molecule has 150 valence electrons. The van der Waals surface area contributed by atoms with Crippen molar-refractivity contribution in [3.05, 3.63) is 0 Å². The highest BCUT2D eigenvalue weighted by Gasteiger charge is 2.23. The van der Waals surface area contributed by atoms with Crippen LogP contribution in [0.1, 0.15) is 6.92 Å². The average Bonchev–Trinajstić information content (AvgIpc) is 2.49. The Hall–Kier alpha value is -0.190. The van der Waals surface area contributed by atoms with E-state index in [1.165, 1.54) is 11.8 Å². The number of esters is 1. The van der Waals surface area contributed by atoms with Crippen molar-refractivity contribution in [2.45, 2.75) is 13.0 Å². The maximum Gasteiger partial charge on any atom is 0.472 e. The van der Waals surface area contributed by atoms with Crippen LogP contribution < -0.4 is 0 Å². The van der Waals surface area contributed by atoms with Crippen LogP contribution in [0, 0.1) is 5.92 Å². The second-order valence-electron chi connectivity index (χ2n) is 6.59. The summed E-state index contributed by atoms with van der Waals surface area (Å²) < 4.78 is 26.7. The normalized spacial score (nSPS) is 16.9. The van der Waals surface area contributed by atoms with Crippen LogP contribution in [0.2, 0.25) is 0 Å². The van der Waals surface area contributed by atoms with Crippen LogP contribution in [-0.4, -0.2) is 97.3 Å². The van der Waals surface area contributed by atoms with Crippen molar-refractivity contribution in [3.8, 4) is 0 Å². The highest BCUT2D eigenvalue weighted by atomic mass is 32.2. The van der Waals surface area contributed by atoms with Crippen LogP contribution in [0.15, 0.2) is 0 Å². The molecule has 0 saturated carbocycles. The summed E-state index contributed by atoms with van der Waals surface area (Å²) in [5, 5.41) is 17.9. The van der Waals surface area contributed by atoms with E-state index >= 15 is 0 Å². The number of nitrogens with zero attached hydrogens (tertiary/aromatic N) is 1. The molecular formula is C14H31NO8PS+. The summed E-state index contributed by atoms with van der Waals surface area (Å²) in [6.45, 7) is 1.57. The van der Waals surface area contributed by atoms with Gasteiger partial charge in [-0.15, -0.1) is 0 Å². The van der Waals surface area contributed by atoms with Gasteiger partial charge in [-0.2, -0.15) is 11.8 Å². The van der Waals surface area contributed by atoms with Gasteiger partial charge >= 0.3 is 13.8 Å². The molecule has 0 fully saturated rings. The van der Waals surface area contributed by atoms with Gasteiger partial charge in [0.1, 0.15) is 19.8 Å². The summed E-state index contributed by atoms with van der Waals surface area (Å²) >= 11 is 1.33. The van der Waals surface area contributed by atoms with Crippen molar-refractivity contribution in [3.63, 3.8) is 0 Å². The number of ether oxygens (including phenoxy) is 1. The van der Waals surface area contributed by atoms with E-state index in [0.717, 1.165) is 0 Å². The number of phosphoric ester groups is 1. The first-order chi connectivity index (χ1) is 11.5. The fraction of sp³-hybridized carbons (Fsp3) is 0.929. The van der Waals surface area contributed by atoms with E-state index in [-0.39, 0.29) is 26.4 Å². The molecule has 0 aliphatic heterocycles. The number of carbonyl (C=O) groups is 1. The first-order valence-electron chi connectivity index (χ1n) is 7.92. The predicted molar refractivity (Wildman–Crippen MR) is 95.2 cm³/mol. The van der Waals surface area contributed by atoms with Crippen molar-refractivity contribution in [2.24, 2.45) is 5.92 Å². The number of thioether (sulfide) groups is 1. The van der Waals surface area contributed by atoms with E-state index in [1.807, 2.05) is 21.1 Å². The Balaban J connectivity index is 3.87. The van der Waals surface area contributed by atoms with Gasteiger partial charge in [-0.05, 0) is 0 Å². The molecule has 0 rings (SSSR count). The molecule has 0 aromatic rings. The standard InChI is InChI=1S/C14H30NO8PS/c1-12(10-25-11-13(17)9-16)14(18)21-7-8-23-24(19,20)22-6-5-15(2,3)4/h12-13,16-17H,5-11H2,1-4H3/p+1. The molecule has 0 aromatic heterocycles. The molecule has 0 saturated heterocycles. The smallest absolute Gasteiger partial charge is 0.463 e. The first kappa shape index (κ1) is 24.8. The summed E-state index contributed by atoms with van der Waals surface area (Å²) in [5.41, 5.74) is 0. The maximum absolute atomic E-state index is 11.7. The molecule has 0 aliphatic rings. The molecule has 3 unspecified atom stereocenters. The number of aliphatic hydroxyl groups excluding tert-OH is 2. The van der Waals surface area contributed by atoms with Gasteiger partial charge in [-0.1, -0.05) is 6.92 Å². The zero-order chi connectivity index (χ0) is 19.5. The van der Waals surface area contributed by atoms with Crippen molar-refractivity contribution in [2.75, 3.05) is 65.6 Å². The Bertz CT molecular complexity index is 432. The quantitative estimate of drug-likeness (QED) is 0.160. The highest BCUT2D eigenvalue weighted by molar-refractivity contribution is 7.99. The number of rotatable bonds is 14. The molecule has 0 radical (unpaired) electrons. The van der Waals surface area contributed by atoms with E-state index in [4.69, 9.17) is 18.9 Å². The number of phosphoric acid groups is 1. The Morgan fingerprint density at radius 2 is 1.76 bits per heavy atom. The second-order valence-corrected chi connectivity index (χ2v) is 9.12. The minimum absolute atomic E-state index is 0.0744. The number of aliphatic hydroxyl groups is 2. The minimum Gasteiger partial charge on any atom is -0.463 e. The third kappa shape index (κ3) is 14.6. The Morgan fingerprint density at radius 3 is 2.32 bits per heavy atom. The van der Waals surface area contributed by atoms with Gasteiger partial charge in [0, 0.05) is 11.5 Å². The third-order valence-corrected chi connectivity index (χ3v) is 5.26. The van der Waals surface area contributed by atoms with Crippen LogP contribution in [-0.2, 0) is 23.1 Å². The largest absolute Gasteiger partial charge is 0.472 e. The van der Waals surface area contributed by atoms with Crippen molar-refractivity contribution >= 4 is 25.6 Å². The molecule has 9 nitrogen and oxygen atoms in total. The van der Waals surface area contributed by atoms with Crippen molar-refractivity contribution in [1.82, 2.24) is 0 Å². The van der Waals surface area contributed by atoms with E-state index in [9.17, 15) is 19.4 Å². The molecule has 0 bridgehead atoms. The molecule has 0 spiro atoms. The van der Waals surface area contributed by atoms with Crippen LogP contribution in [0.5, 0.6) is 0 Å². The molecule has 0 amide bonds. The summed E-state index contributed by atoms with van der Waals surface area (Å²) in [6, 6.07) is 0. The van der Waals surface area contributed by atoms with Gasteiger partial charge in [0.2, 0.25) is 0 Å². The Labute approximate surface area is 153 Å². The van der Waals surface area contributed by atoms with Crippen LogP contribution >= 0.6 is 19.6 Å². The first-order valence-corrected chi connectivity index (χ1v) is 10.6. The molecule has 0 heterocycles. The van der Waals surface area contributed by atoms with Crippen LogP contribution in [0.4, 0.5) is 0 Å². The number of carbonyl (C=O) groups excluding carboxylic acids is 1. The summed E-state index contributed by atoms with van der Waals surface area (Å²) in [7, 11) is 1.63. The van der Waals surface area contributed by atoms with Gasteiger partial charge in [0.25, 0.3) is 0 Å². The molecule has 3 N–H and O–H groups in total. The highest BCUT2D eigenvalue weighted by Crippen LogP contribution is 2.42. The maximum atomic E-state index is 11.7. The van der Waals surface area contributed by atoms with E-state index in [2.05, 4.69) is 0 Å². The van der Waals surface area contributed by atoms with E-state index in [0.29, 0.717) is 22.5 Å². The van der Waals surface area contributed by atoms with E-state index in [1.54, 1.807) is 6.92 Å². The second kappa shape index (κ2) is 12.2. The molecule has 0 aliphatic carbocycles. The SMILES string of the molecule is CC(CSCC(O)CO)C(=O)OCCOP(=O)(O)OCC[N+](C)(C)C. The van der Waals surface area contributed by atoms with Crippen molar-refractivity contribution in [1.29, 1.82) is 0 Å². The fourth-order valence-corrected chi connectivity index (χ4v) is 3.10. The zero-order valence-electron chi connectivity index (χ0n) is 15.3. The van der Waals surface area contributed by atoms with Gasteiger partial charge in [-0.25, -0.2) is 4.57 Å². The van der Waals surface area contributed by atoms with Gasteiger partial charge in [-0.3, -0.25) is 13.8 Å². The van der Waals surface area contributed by atoms with Crippen LogP contribution in [0.25, 0.3) is 0 Å². The summed E-state index contributed by atoms with van der Waals surface area (Å²) in [4.78, 5) is 21.2. The minimum atomic E-state index is -4.15. The third-order valence-electron chi connectivity index (χ3n) is 2.89. The van der Waals surface area contributed by atoms with Crippen molar-refractivity contribution < 1.29 is 42.7 Å². The summed E-state index contributed by atoms with van der Waals surface area (Å²) in [5.74, 6) is -0.107. The molecule has 11 heteroatoms. The van der Waals surface area contributed by atoms with Crippen LogP contribution in [0.3, 0.4) is 0 Å². The number of likely N-dealkylation sites (N-methyl/N-ethyl adjacent to an activating group) is 1. The summed E-state index contributed by atoms with van der Waals surface area (Å²) in [6.07, 6.45) is -0.808. The lowest BCUT2D eigenvalue weighted by Gasteiger charge is -2.24. The molecule has 3 atom stereocenters. The Kier molecular flexibility index (Phi) is 12.1. The Morgan fingerprint density at radius 1 is 1.16 bits per heavy atom. The van der Waals surface area contributed by atoms with E-state index < -0.39 is 25.8 Å².